The minimum absolute atomic E-state index is 0.0558. The molecule has 1 aromatic carbocycles. The predicted molar refractivity (Wildman–Crippen MR) is 90.1 cm³/mol. The second-order valence-electron chi connectivity index (χ2n) is 6.56. The Morgan fingerprint density at radius 3 is 2.65 bits per heavy atom. The number of hydrogen-bond donors (Lipinski definition) is 1. The maximum Gasteiger partial charge on any atom is 0.321 e. The van der Waals surface area contributed by atoms with Crippen LogP contribution in [-0.4, -0.2) is 48.6 Å². The van der Waals surface area contributed by atoms with Crippen molar-refractivity contribution in [2.75, 3.05) is 38.0 Å². The molecule has 0 aliphatic carbocycles. The molecule has 5 heteroatoms. The third-order valence-electron chi connectivity index (χ3n) is 4.86. The molecular weight excluding hydrogens is 288 g/mol. The van der Waals surface area contributed by atoms with Gasteiger partial charge in [-0.05, 0) is 62.9 Å². The Morgan fingerprint density at radius 1 is 1.22 bits per heavy atom. The number of piperidine rings is 1. The maximum atomic E-state index is 12.3. The van der Waals surface area contributed by atoms with Crippen molar-refractivity contribution in [3.63, 3.8) is 0 Å². The Labute approximate surface area is 137 Å². The van der Waals surface area contributed by atoms with Crippen LogP contribution >= 0.6 is 0 Å². The van der Waals surface area contributed by atoms with Crippen LogP contribution in [0.1, 0.15) is 31.2 Å². The fraction of sp³-hybridized carbons (Fsp3) is 0.556. The molecule has 2 aliphatic heterocycles. The van der Waals surface area contributed by atoms with E-state index in [0.29, 0.717) is 11.3 Å². The number of nitriles is 1. The van der Waals surface area contributed by atoms with Gasteiger partial charge in [0.25, 0.3) is 0 Å². The number of carbonyl (C=O) groups is 1. The first-order valence-electron chi connectivity index (χ1n) is 8.53. The Morgan fingerprint density at radius 2 is 1.96 bits per heavy atom. The number of likely N-dealkylation sites (tertiary alicyclic amines) is 2. The molecule has 3 rings (SSSR count). The lowest BCUT2D eigenvalue weighted by Gasteiger charge is -2.33. The summed E-state index contributed by atoms with van der Waals surface area (Å²) < 4.78 is 0. The van der Waals surface area contributed by atoms with E-state index in [-0.39, 0.29) is 6.03 Å². The van der Waals surface area contributed by atoms with Gasteiger partial charge in [-0.1, -0.05) is 6.07 Å². The van der Waals surface area contributed by atoms with E-state index in [1.165, 1.54) is 32.5 Å². The molecule has 0 spiro atoms. The smallest absolute Gasteiger partial charge is 0.321 e. The van der Waals surface area contributed by atoms with Gasteiger partial charge in [-0.15, -0.1) is 0 Å². The molecule has 0 radical (unpaired) electrons. The fourth-order valence-corrected chi connectivity index (χ4v) is 3.52. The second kappa shape index (κ2) is 7.47. The molecule has 122 valence electrons. The summed E-state index contributed by atoms with van der Waals surface area (Å²) in [7, 11) is 0. The van der Waals surface area contributed by atoms with Crippen molar-refractivity contribution in [1.29, 1.82) is 5.26 Å². The highest BCUT2D eigenvalue weighted by molar-refractivity contribution is 5.89. The third-order valence-corrected chi connectivity index (χ3v) is 4.86. The van der Waals surface area contributed by atoms with E-state index in [9.17, 15) is 4.79 Å². The first-order valence-corrected chi connectivity index (χ1v) is 8.53. The molecule has 0 aromatic heterocycles. The average Bonchev–Trinajstić information content (AvgIpc) is 3.08. The van der Waals surface area contributed by atoms with E-state index < -0.39 is 0 Å². The van der Waals surface area contributed by atoms with Crippen molar-refractivity contribution in [1.82, 2.24) is 9.80 Å². The largest absolute Gasteiger partial charge is 0.325 e. The number of nitrogens with zero attached hydrogens (tertiary/aromatic N) is 3. The van der Waals surface area contributed by atoms with Gasteiger partial charge in [0.05, 0.1) is 11.6 Å². The molecule has 2 heterocycles. The molecule has 2 saturated heterocycles. The molecule has 2 amide bonds. The fourth-order valence-electron chi connectivity index (χ4n) is 3.52. The minimum Gasteiger partial charge on any atom is -0.325 e. The molecular formula is C18H24N4O. The van der Waals surface area contributed by atoms with Gasteiger partial charge in [0.2, 0.25) is 0 Å². The number of carbonyl (C=O) groups excluding carboxylic acids is 1. The monoisotopic (exact) mass is 312 g/mol. The summed E-state index contributed by atoms with van der Waals surface area (Å²) in [5, 5.41) is 11.8. The van der Waals surface area contributed by atoms with Crippen LogP contribution in [0.25, 0.3) is 0 Å². The van der Waals surface area contributed by atoms with Gasteiger partial charge in [0.15, 0.2) is 0 Å². The highest BCUT2D eigenvalue weighted by Crippen LogP contribution is 2.21. The third kappa shape index (κ3) is 4.23. The van der Waals surface area contributed by atoms with Crippen molar-refractivity contribution in [2.24, 2.45) is 5.92 Å². The quantitative estimate of drug-likeness (QED) is 0.933. The summed E-state index contributed by atoms with van der Waals surface area (Å²) in [6, 6.07) is 9.08. The van der Waals surface area contributed by atoms with Crippen LogP contribution in [0, 0.1) is 17.2 Å². The van der Waals surface area contributed by atoms with Gasteiger partial charge in [-0.25, -0.2) is 4.79 Å². The topological polar surface area (TPSA) is 59.4 Å². The zero-order valence-electron chi connectivity index (χ0n) is 13.5. The summed E-state index contributed by atoms with van der Waals surface area (Å²) >= 11 is 0. The minimum atomic E-state index is -0.0558. The van der Waals surface area contributed by atoms with Crippen molar-refractivity contribution < 1.29 is 4.79 Å². The Hall–Kier alpha value is -2.06. The van der Waals surface area contributed by atoms with Gasteiger partial charge < -0.3 is 15.1 Å². The van der Waals surface area contributed by atoms with Crippen LogP contribution in [-0.2, 0) is 0 Å². The van der Waals surface area contributed by atoms with E-state index in [1.54, 1.807) is 18.2 Å². The standard InChI is InChI=1S/C18H24N4O/c19-13-16-4-3-5-17(12-16)20-18(23)22-10-6-15(7-11-22)14-21-8-1-2-9-21/h3-5,12,15H,1-2,6-11,14H2,(H,20,23). The lowest BCUT2D eigenvalue weighted by Crippen LogP contribution is -2.43. The molecule has 0 unspecified atom stereocenters. The highest BCUT2D eigenvalue weighted by atomic mass is 16.2. The average molecular weight is 312 g/mol. The van der Waals surface area contributed by atoms with Crippen LogP contribution in [0.15, 0.2) is 24.3 Å². The van der Waals surface area contributed by atoms with Crippen LogP contribution in [0.4, 0.5) is 10.5 Å². The Bertz CT molecular complexity index is 581. The predicted octanol–water partition coefficient (Wildman–Crippen LogP) is 2.90. The SMILES string of the molecule is N#Cc1cccc(NC(=O)N2CCC(CN3CCCC3)CC2)c1. The summed E-state index contributed by atoms with van der Waals surface area (Å²) in [4.78, 5) is 16.8. The summed E-state index contributed by atoms with van der Waals surface area (Å²) in [6.07, 6.45) is 4.84. The number of urea groups is 1. The van der Waals surface area contributed by atoms with E-state index in [1.807, 2.05) is 11.0 Å². The van der Waals surface area contributed by atoms with Gasteiger partial charge in [-0.2, -0.15) is 5.26 Å². The second-order valence-corrected chi connectivity index (χ2v) is 6.56. The van der Waals surface area contributed by atoms with E-state index in [0.717, 1.165) is 31.8 Å². The summed E-state index contributed by atoms with van der Waals surface area (Å²) in [6.45, 7) is 5.33. The van der Waals surface area contributed by atoms with Crippen LogP contribution in [0.2, 0.25) is 0 Å². The number of benzene rings is 1. The molecule has 2 fully saturated rings. The lowest BCUT2D eigenvalue weighted by atomic mass is 9.96. The molecule has 23 heavy (non-hydrogen) atoms. The van der Waals surface area contributed by atoms with Gasteiger partial charge >= 0.3 is 6.03 Å². The molecule has 0 bridgehead atoms. The first kappa shape index (κ1) is 15.8. The maximum absolute atomic E-state index is 12.3. The van der Waals surface area contributed by atoms with Crippen LogP contribution < -0.4 is 5.32 Å². The van der Waals surface area contributed by atoms with Crippen molar-refractivity contribution in [3.8, 4) is 6.07 Å². The molecule has 0 saturated carbocycles. The van der Waals surface area contributed by atoms with E-state index >= 15 is 0 Å². The van der Waals surface area contributed by atoms with Crippen molar-refractivity contribution in [2.45, 2.75) is 25.7 Å². The summed E-state index contributed by atoms with van der Waals surface area (Å²) in [5.74, 6) is 0.721. The van der Waals surface area contributed by atoms with Gasteiger partial charge in [0, 0.05) is 25.3 Å². The summed E-state index contributed by atoms with van der Waals surface area (Å²) in [5.41, 5.74) is 1.25. The molecule has 1 aromatic rings. The van der Waals surface area contributed by atoms with E-state index in [4.69, 9.17) is 5.26 Å². The van der Waals surface area contributed by atoms with Crippen molar-refractivity contribution in [3.05, 3.63) is 29.8 Å². The van der Waals surface area contributed by atoms with Crippen LogP contribution in [0.5, 0.6) is 0 Å². The molecule has 0 atom stereocenters. The molecule has 2 aliphatic rings. The van der Waals surface area contributed by atoms with Gasteiger partial charge in [-0.3, -0.25) is 0 Å². The Kier molecular flexibility index (Phi) is 5.14. The number of nitrogens with one attached hydrogen (secondary N) is 1. The molecule has 1 N–H and O–H groups in total. The first-order chi connectivity index (χ1) is 11.2. The Balaban J connectivity index is 1.47. The van der Waals surface area contributed by atoms with Crippen molar-refractivity contribution >= 4 is 11.7 Å². The molecule has 5 nitrogen and oxygen atoms in total. The van der Waals surface area contributed by atoms with Crippen LogP contribution in [0.3, 0.4) is 0 Å². The number of amides is 2. The lowest BCUT2D eigenvalue weighted by molar-refractivity contribution is 0.163. The number of hydrogen-bond acceptors (Lipinski definition) is 3. The normalized spacial score (nSPS) is 19.5. The zero-order chi connectivity index (χ0) is 16.1. The zero-order valence-corrected chi connectivity index (χ0v) is 13.5. The number of anilines is 1. The van der Waals surface area contributed by atoms with E-state index in [2.05, 4.69) is 16.3 Å². The highest BCUT2D eigenvalue weighted by Gasteiger charge is 2.25. The number of rotatable bonds is 3. The van der Waals surface area contributed by atoms with Gasteiger partial charge in [0.1, 0.15) is 0 Å².